The second-order valence-corrected chi connectivity index (χ2v) is 6.83. The number of amides is 1. The van der Waals surface area contributed by atoms with Gasteiger partial charge in [-0.25, -0.2) is 4.79 Å². The molecule has 0 aromatic heterocycles. The van der Waals surface area contributed by atoms with E-state index in [4.69, 9.17) is 9.47 Å². The Morgan fingerprint density at radius 1 is 1.03 bits per heavy atom. The van der Waals surface area contributed by atoms with Gasteiger partial charge in [-0.2, -0.15) is 0 Å². The smallest absolute Gasteiger partial charge is 0.331 e. The Morgan fingerprint density at radius 2 is 1.76 bits per heavy atom. The molecule has 0 unspecified atom stereocenters. The average Bonchev–Trinajstić information content (AvgIpc) is 2.77. The van der Waals surface area contributed by atoms with Gasteiger partial charge in [0.2, 0.25) is 0 Å². The van der Waals surface area contributed by atoms with E-state index in [1.54, 1.807) is 19.3 Å². The first-order valence-corrected chi connectivity index (χ1v) is 9.78. The minimum Gasteiger partial charge on any atom is -0.496 e. The van der Waals surface area contributed by atoms with Crippen LogP contribution in [0.15, 0.2) is 54.6 Å². The molecule has 0 bridgehead atoms. The van der Waals surface area contributed by atoms with Crippen LogP contribution in [0.3, 0.4) is 0 Å². The molecule has 2 aromatic rings. The maximum absolute atomic E-state index is 12.0. The summed E-state index contributed by atoms with van der Waals surface area (Å²) in [5, 5.41) is 2.74. The van der Waals surface area contributed by atoms with Crippen LogP contribution in [0.4, 0.5) is 11.4 Å². The quantitative estimate of drug-likeness (QED) is 0.570. The lowest BCUT2D eigenvalue weighted by molar-refractivity contribution is -0.142. The molecule has 1 heterocycles. The molecule has 1 amide bonds. The molecule has 1 aliphatic heterocycles. The predicted octanol–water partition coefficient (Wildman–Crippen LogP) is 3.88. The highest BCUT2D eigenvalue weighted by molar-refractivity contribution is 5.94. The number of ether oxygens (including phenoxy) is 2. The zero-order valence-corrected chi connectivity index (χ0v) is 16.6. The van der Waals surface area contributed by atoms with Gasteiger partial charge in [0.25, 0.3) is 5.91 Å². The number of nitrogens with one attached hydrogen (secondary N) is 1. The molecule has 2 aromatic carbocycles. The van der Waals surface area contributed by atoms with Crippen molar-refractivity contribution in [1.82, 2.24) is 0 Å². The number of piperidine rings is 1. The molecule has 3 rings (SSSR count). The molecule has 0 spiro atoms. The van der Waals surface area contributed by atoms with E-state index < -0.39 is 5.97 Å². The number of rotatable bonds is 7. The molecule has 0 radical (unpaired) electrons. The molecule has 152 valence electrons. The summed E-state index contributed by atoms with van der Waals surface area (Å²) in [5.74, 6) is -0.316. The first-order chi connectivity index (χ1) is 14.2. The largest absolute Gasteiger partial charge is 0.496 e. The number of carbonyl (C=O) groups is 2. The first kappa shape index (κ1) is 20.5. The Bertz CT molecular complexity index is 855. The zero-order chi connectivity index (χ0) is 20.5. The van der Waals surface area contributed by atoms with Gasteiger partial charge in [-0.3, -0.25) is 4.79 Å². The van der Waals surface area contributed by atoms with Gasteiger partial charge in [0.1, 0.15) is 5.75 Å². The average molecular weight is 394 g/mol. The second kappa shape index (κ2) is 10.3. The Hall–Kier alpha value is -3.28. The van der Waals surface area contributed by atoms with Crippen molar-refractivity contribution >= 4 is 29.3 Å². The maximum Gasteiger partial charge on any atom is 0.331 e. The van der Waals surface area contributed by atoms with Crippen molar-refractivity contribution in [2.75, 3.05) is 37.0 Å². The predicted molar refractivity (Wildman–Crippen MR) is 114 cm³/mol. The van der Waals surface area contributed by atoms with E-state index in [9.17, 15) is 9.59 Å². The molecular formula is C23H26N2O4. The number of methoxy groups -OCH3 is 1. The van der Waals surface area contributed by atoms with Crippen molar-refractivity contribution in [2.45, 2.75) is 19.3 Å². The van der Waals surface area contributed by atoms with Crippen molar-refractivity contribution in [3.05, 3.63) is 60.2 Å². The summed E-state index contributed by atoms with van der Waals surface area (Å²) in [4.78, 5) is 26.2. The molecular weight excluding hydrogens is 368 g/mol. The lowest BCUT2D eigenvalue weighted by Gasteiger charge is -2.28. The van der Waals surface area contributed by atoms with Crippen LogP contribution in [0.2, 0.25) is 0 Å². The molecule has 0 atom stereocenters. The minimum absolute atomic E-state index is 0.344. The van der Waals surface area contributed by atoms with Crippen molar-refractivity contribution in [3.8, 4) is 5.75 Å². The molecule has 6 heteroatoms. The van der Waals surface area contributed by atoms with E-state index >= 15 is 0 Å². The summed E-state index contributed by atoms with van der Waals surface area (Å²) < 4.78 is 10.2. The lowest BCUT2D eigenvalue weighted by atomic mass is 10.1. The number of anilines is 2. The molecule has 1 aliphatic rings. The molecule has 1 saturated heterocycles. The third-order valence-electron chi connectivity index (χ3n) is 4.76. The number of para-hydroxylation sites is 1. The zero-order valence-electron chi connectivity index (χ0n) is 16.6. The molecule has 0 aliphatic carbocycles. The van der Waals surface area contributed by atoms with Gasteiger partial charge in [0.15, 0.2) is 6.61 Å². The van der Waals surface area contributed by atoms with Gasteiger partial charge in [-0.15, -0.1) is 0 Å². The molecule has 0 saturated carbocycles. The van der Waals surface area contributed by atoms with Crippen molar-refractivity contribution < 1.29 is 19.1 Å². The highest BCUT2D eigenvalue weighted by Crippen LogP contribution is 2.22. The monoisotopic (exact) mass is 394 g/mol. The highest BCUT2D eigenvalue weighted by Gasteiger charge is 2.11. The van der Waals surface area contributed by atoms with E-state index in [0.29, 0.717) is 11.4 Å². The fourth-order valence-electron chi connectivity index (χ4n) is 3.25. The summed E-state index contributed by atoms with van der Waals surface area (Å²) >= 11 is 0. The number of nitrogens with zero attached hydrogens (tertiary/aromatic N) is 1. The minimum atomic E-state index is -0.591. The Labute approximate surface area is 171 Å². The van der Waals surface area contributed by atoms with Crippen LogP contribution in [0.25, 0.3) is 6.08 Å². The summed E-state index contributed by atoms with van der Waals surface area (Å²) in [5.41, 5.74) is 2.59. The van der Waals surface area contributed by atoms with E-state index in [1.165, 1.54) is 25.3 Å². The Morgan fingerprint density at radius 3 is 2.48 bits per heavy atom. The summed E-state index contributed by atoms with van der Waals surface area (Å²) in [6.45, 7) is 1.80. The highest BCUT2D eigenvalue weighted by atomic mass is 16.5. The van der Waals surface area contributed by atoms with Gasteiger partial charge in [0.05, 0.1) is 7.11 Å². The van der Waals surface area contributed by atoms with E-state index in [0.717, 1.165) is 24.3 Å². The maximum atomic E-state index is 12.0. The Kier molecular flexibility index (Phi) is 7.28. The Balaban J connectivity index is 1.45. The topological polar surface area (TPSA) is 67.9 Å². The summed E-state index contributed by atoms with van der Waals surface area (Å²) in [7, 11) is 1.56. The van der Waals surface area contributed by atoms with E-state index in [1.807, 2.05) is 42.5 Å². The second-order valence-electron chi connectivity index (χ2n) is 6.83. The lowest BCUT2D eigenvalue weighted by Crippen LogP contribution is -2.29. The molecule has 6 nitrogen and oxygen atoms in total. The first-order valence-electron chi connectivity index (χ1n) is 9.78. The van der Waals surface area contributed by atoms with Gasteiger partial charge < -0.3 is 19.7 Å². The van der Waals surface area contributed by atoms with Gasteiger partial charge in [0, 0.05) is 36.1 Å². The number of carbonyl (C=O) groups excluding carboxylic acids is 2. The molecule has 1 fully saturated rings. The van der Waals surface area contributed by atoms with Gasteiger partial charge >= 0.3 is 5.97 Å². The van der Waals surface area contributed by atoms with Crippen LogP contribution in [0.5, 0.6) is 5.75 Å². The fraction of sp³-hybridized carbons (Fsp3) is 0.304. The number of esters is 1. The van der Waals surface area contributed by atoms with Crippen LogP contribution in [-0.4, -0.2) is 38.7 Å². The summed E-state index contributed by atoms with van der Waals surface area (Å²) in [6.07, 6.45) is 6.60. The van der Waals surface area contributed by atoms with Crippen LogP contribution in [0.1, 0.15) is 24.8 Å². The van der Waals surface area contributed by atoms with E-state index in [2.05, 4.69) is 10.2 Å². The number of benzene rings is 2. The number of hydrogen-bond donors (Lipinski definition) is 1. The van der Waals surface area contributed by atoms with Gasteiger partial charge in [-0.1, -0.05) is 18.2 Å². The SMILES string of the molecule is COc1ccccc1/C=C/C(=O)OCC(=O)Nc1ccc(N2CCCCC2)cc1. The van der Waals surface area contributed by atoms with Crippen LogP contribution in [0, 0.1) is 0 Å². The van der Waals surface area contributed by atoms with Crippen LogP contribution in [-0.2, 0) is 14.3 Å². The van der Waals surface area contributed by atoms with E-state index in [-0.39, 0.29) is 12.5 Å². The molecule has 29 heavy (non-hydrogen) atoms. The standard InChI is InChI=1S/C23H26N2O4/c1-28-21-8-4-3-7-18(21)9-14-23(27)29-17-22(26)24-19-10-12-20(13-11-19)25-15-5-2-6-16-25/h3-4,7-14H,2,5-6,15-17H2,1H3,(H,24,26)/b14-9+. The third-order valence-corrected chi connectivity index (χ3v) is 4.76. The van der Waals surface area contributed by atoms with Crippen molar-refractivity contribution in [2.24, 2.45) is 0 Å². The number of hydrogen-bond acceptors (Lipinski definition) is 5. The van der Waals surface area contributed by atoms with Crippen molar-refractivity contribution in [3.63, 3.8) is 0 Å². The van der Waals surface area contributed by atoms with Gasteiger partial charge in [-0.05, 0) is 55.7 Å². The normalized spacial score (nSPS) is 13.9. The third kappa shape index (κ3) is 6.10. The fourth-order valence-corrected chi connectivity index (χ4v) is 3.25. The van der Waals surface area contributed by atoms with Crippen LogP contribution >= 0.6 is 0 Å². The molecule has 1 N–H and O–H groups in total. The van der Waals surface area contributed by atoms with Crippen molar-refractivity contribution in [1.29, 1.82) is 0 Å². The summed E-state index contributed by atoms with van der Waals surface area (Å²) in [6, 6.07) is 15.1. The van der Waals surface area contributed by atoms with Crippen LogP contribution < -0.4 is 15.0 Å².